The average molecular weight is 392 g/mol. The van der Waals surface area contributed by atoms with Gasteiger partial charge in [0.25, 0.3) is 0 Å². The molecule has 2 atom stereocenters. The van der Waals surface area contributed by atoms with Crippen LogP contribution >= 0.6 is 0 Å². The quantitative estimate of drug-likeness (QED) is 0.791. The minimum Gasteiger partial charge on any atom is -0.355 e. The van der Waals surface area contributed by atoms with Gasteiger partial charge in [-0.15, -0.1) is 0 Å². The van der Waals surface area contributed by atoms with Crippen molar-refractivity contribution in [2.75, 3.05) is 25.0 Å². The molecule has 2 unspecified atom stereocenters. The molecule has 0 saturated carbocycles. The number of rotatable bonds is 4. The number of aromatic nitrogens is 2. The summed E-state index contributed by atoms with van der Waals surface area (Å²) in [4.78, 5) is 24.2. The van der Waals surface area contributed by atoms with Gasteiger partial charge in [0.2, 0.25) is 5.91 Å². The van der Waals surface area contributed by atoms with E-state index in [1.807, 2.05) is 19.1 Å². The van der Waals surface area contributed by atoms with Crippen molar-refractivity contribution in [1.29, 1.82) is 0 Å². The summed E-state index contributed by atoms with van der Waals surface area (Å²) in [7, 11) is 1.73. The summed E-state index contributed by atoms with van der Waals surface area (Å²) in [6.45, 7) is 2.61. The first kappa shape index (κ1) is 20.1. The van der Waals surface area contributed by atoms with Crippen LogP contribution < -0.4 is 4.90 Å². The normalized spacial score (nSPS) is 18.6. The smallest absolute Gasteiger partial charge is 0.355 e. The molecule has 1 fully saturated rings. The van der Waals surface area contributed by atoms with E-state index >= 15 is 0 Å². The lowest BCUT2D eigenvalue weighted by atomic mass is 9.95. The molecule has 0 radical (unpaired) electrons. The summed E-state index contributed by atoms with van der Waals surface area (Å²) in [6, 6.07) is 5.87. The second kappa shape index (κ2) is 8.16. The summed E-state index contributed by atoms with van der Waals surface area (Å²) >= 11 is 0. The molecule has 28 heavy (non-hydrogen) atoms. The Morgan fingerprint density at radius 2 is 1.96 bits per heavy atom. The van der Waals surface area contributed by atoms with Crippen molar-refractivity contribution in [3.63, 3.8) is 0 Å². The van der Waals surface area contributed by atoms with Crippen molar-refractivity contribution in [1.82, 2.24) is 14.9 Å². The molecule has 2 aromatic heterocycles. The van der Waals surface area contributed by atoms with Gasteiger partial charge in [-0.1, -0.05) is 0 Å². The van der Waals surface area contributed by atoms with Crippen molar-refractivity contribution in [3.05, 3.63) is 54.0 Å². The van der Waals surface area contributed by atoms with Gasteiger partial charge >= 0.3 is 6.18 Å². The molecule has 5 nitrogen and oxygen atoms in total. The standard InChI is InChI=1S/C20H23F3N4O/c1-14(15-7-10-24-11-8-15)26(2)19(28)16-5-4-12-27(13-16)18-17(20(21,22)23)6-3-9-25-18/h3,6-11,14,16H,4-5,12-13H2,1-2H3. The van der Waals surface area contributed by atoms with Crippen LogP contribution in [0.25, 0.3) is 0 Å². The number of carbonyl (C=O) groups is 1. The minimum atomic E-state index is -4.48. The maximum Gasteiger partial charge on any atom is 0.419 e. The first-order valence-corrected chi connectivity index (χ1v) is 9.22. The van der Waals surface area contributed by atoms with Gasteiger partial charge in [-0.2, -0.15) is 13.2 Å². The van der Waals surface area contributed by atoms with E-state index in [0.29, 0.717) is 19.4 Å². The Balaban J connectivity index is 1.76. The third-order valence-electron chi connectivity index (χ3n) is 5.28. The van der Waals surface area contributed by atoms with E-state index in [-0.39, 0.29) is 30.2 Å². The molecule has 0 N–H and O–H groups in total. The molecular formula is C20H23F3N4O. The highest BCUT2D eigenvalue weighted by Crippen LogP contribution is 2.36. The third kappa shape index (κ3) is 4.26. The summed E-state index contributed by atoms with van der Waals surface area (Å²) in [5, 5.41) is 0. The molecule has 1 aliphatic heterocycles. The van der Waals surface area contributed by atoms with Crippen LogP contribution in [0.2, 0.25) is 0 Å². The Kier molecular flexibility index (Phi) is 5.86. The highest BCUT2D eigenvalue weighted by molar-refractivity contribution is 5.80. The molecule has 2 aromatic rings. The zero-order valence-corrected chi connectivity index (χ0v) is 15.9. The van der Waals surface area contributed by atoms with E-state index in [1.54, 1.807) is 29.2 Å². The van der Waals surface area contributed by atoms with Gasteiger partial charge in [0.1, 0.15) is 5.82 Å². The Bertz CT molecular complexity index is 813. The van der Waals surface area contributed by atoms with E-state index < -0.39 is 11.7 Å². The van der Waals surface area contributed by atoms with E-state index in [1.165, 1.54) is 12.3 Å². The van der Waals surface area contributed by atoms with E-state index in [9.17, 15) is 18.0 Å². The lowest BCUT2D eigenvalue weighted by Crippen LogP contribution is -2.45. The SMILES string of the molecule is CC(c1ccncc1)N(C)C(=O)C1CCCN(c2ncccc2C(F)(F)F)C1. The molecule has 1 saturated heterocycles. The molecule has 0 aliphatic carbocycles. The first-order chi connectivity index (χ1) is 13.3. The second-order valence-corrected chi connectivity index (χ2v) is 7.06. The van der Waals surface area contributed by atoms with Crippen LogP contribution in [0, 0.1) is 5.92 Å². The van der Waals surface area contributed by atoms with Crippen LogP contribution in [-0.2, 0) is 11.0 Å². The molecule has 0 spiro atoms. The van der Waals surface area contributed by atoms with Gasteiger partial charge in [0.05, 0.1) is 17.5 Å². The third-order valence-corrected chi connectivity index (χ3v) is 5.28. The summed E-state index contributed by atoms with van der Waals surface area (Å²) < 4.78 is 40.0. The molecule has 1 amide bonds. The highest BCUT2D eigenvalue weighted by Gasteiger charge is 2.38. The maximum atomic E-state index is 13.3. The molecule has 8 heteroatoms. The van der Waals surface area contributed by atoms with Crippen LogP contribution in [0.3, 0.4) is 0 Å². The van der Waals surface area contributed by atoms with Crippen LogP contribution in [0.1, 0.15) is 36.9 Å². The second-order valence-electron chi connectivity index (χ2n) is 7.06. The van der Waals surface area contributed by atoms with Crippen molar-refractivity contribution < 1.29 is 18.0 Å². The fourth-order valence-corrected chi connectivity index (χ4v) is 3.59. The zero-order chi connectivity index (χ0) is 20.3. The molecule has 3 heterocycles. The van der Waals surface area contributed by atoms with Gasteiger partial charge < -0.3 is 9.80 Å². The fraction of sp³-hybridized carbons (Fsp3) is 0.450. The number of pyridine rings is 2. The number of piperidine rings is 1. The number of hydrogen-bond acceptors (Lipinski definition) is 4. The van der Waals surface area contributed by atoms with E-state index in [2.05, 4.69) is 9.97 Å². The number of nitrogens with zero attached hydrogens (tertiary/aromatic N) is 4. The Morgan fingerprint density at radius 3 is 2.64 bits per heavy atom. The predicted octanol–water partition coefficient (Wildman–Crippen LogP) is 3.93. The lowest BCUT2D eigenvalue weighted by molar-refractivity contribution is -0.137. The Labute approximate surface area is 162 Å². The first-order valence-electron chi connectivity index (χ1n) is 9.22. The van der Waals surface area contributed by atoms with Crippen molar-refractivity contribution in [2.24, 2.45) is 5.92 Å². The number of hydrogen-bond donors (Lipinski definition) is 0. The highest BCUT2D eigenvalue weighted by atomic mass is 19.4. The predicted molar refractivity (Wildman–Crippen MR) is 99.6 cm³/mol. The average Bonchev–Trinajstić information content (AvgIpc) is 2.72. The van der Waals surface area contributed by atoms with Gasteiger partial charge in [-0.3, -0.25) is 9.78 Å². The Hall–Kier alpha value is -2.64. The lowest BCUT2D eigenvalue weighted by Gasteiger charge is -2.37. The topological polar surface area (TPSA) is 49.3 Å². The number of anilines is 1. The number of carbonyl (C=O) groups excluding carboxylic acids is 1. The van der Waals surface area contributed by atoms with E-state index in [4.69, 9.17) is 0 Å². The molecular weight excluding hydrogens is 369 g/mol. The molecule has 0 bridgehead atoms. The number of amides is 1. The van der Waals surface area contributed by atoms with Crippen LogP contribution in [0.4, 0.5) is 19.0 Å². The van der Waals surface area contributed by atoms with E-state index in [0.717, 1.165) is 11.6 Å². The maximum absolute atomic E-state index is 13.3. The molecule has 3 rings (SSSR count). The number of halogens is 3. The largest absolute Gasteiger partial charge is 0.419 e. The summed E-state index contributed by atoms with van der Waals surface area (Å²) in [5.74, 6) is -0.540. The minimum absolute atomic E-state index is 0.0708. The zero-order valence-electron chi connectivity index (χ0n) is 15.9. The Morgan fingerprint density at radius 1 is 1.25 bits per heavy atom. The molecule has 1 aliphatic rings. The summed E-state index contributed by atoms with van der Waals surface area (Å²) in [5.41, 5.74) is 0.198. The van der Waals surface area contributed by atoms with Crippen molar-refractivity contribution >= 4 is 11.7 Å². The fourth-order valence-electron chi connectivity index (χ4n) is 3.59. The van der Waals surface area contributed by atoms with Gasteiger partial charge in [0.15, 0.2) is 0 Å². The van der Waals surface area contributed by atoms with Crippen molar-refractivity contribution in [2.45, 2.75) is 32.0 Å². The monoisotopic (exact) mass is 392 g/mol. The van der Waals surface area contributed by atoms with Gasteiger partial charge in [-0.05, 0) is 49.6 Å². The van der Waals surface area contributed by atoms with Crippen LogP contribution in [0.5, 0.6) is 0 Å². The van der Waals surface area contributed by atoms with Crippen LogP contribution in [-0.4, -0.2) is 40.9 Å². The molecule has 150 valence electrons. The van der Waals surface area contributed by atoms with Crippen LogP contribution in [0.15, 0.2) is 42.9 Å². The summed E-state index contributed by atoms with van der Waals surface area (Å²) in [6.07, 6.45) is 1.51. The van der Waals surface area contributed by atoms with Crippen molar-refractivity contribution in [3.8, 4) is 0 Å². The van der Waals surface area contributed by atoms with Gasteiger partial charge in [-0.25, -0.2) is 4.98 Å². The molecule has 0 aromatic carbocycles. The van der Waals surface area contributed by atoms with Gasteiger partial charge in [0, 0.05) is 38.7 Å². The number of alkyl halides is 3.